The minimum atomic E-state index is -0.00696. The first kappa shape index (κ1) is 23.7. The Morgan fingerprint density at radius 3 is 2.29 bits per heavy atom. The Balaban J connectivity index is 1.53. The van der Waals surface area contributed by atoms with Crippen molar-refractivity contribution in [2.45, 2.75) is 60.9 Å². The second-order valence-corrected chi connectivity index (χ2v) is 9.52. The fraction of sp³-hybridized carbons (Fsp3) is 0.333. The molecular formula is C30H35N3O. The van der Waals surface area contributed by atoms with Gasteiger partial charge in [0.05, 0.1) is 11.0 Å². The van der Waals surface area contributed by atoms with E-state index in [9.17, 15) is 4.79 Å². The van der Waals surface area contributed by atoms with Crippen LogP contribution < -0.4 is 5.32 Å². The Kier molecular flexibility index (Phi) is 6.87. The summed E-state index contributed by atoms with van der Waals surface area (Å²) >= 11 is 0. The lowest BCUT2D eigenvalue weighted by Crippen LogP contribution is -2.25. The molecule has 0 radical (unpaired) electrons. The highest BCUT2D eigenvalue weighted by atomic mass is 16.1. The zero-order valence-electron chi connectivity index (χ0n) is 21.2. The number of amides is 1. The summed E-state index contributed by atoms with van der Waals surface area (Å²) in [6.45, 7) is 14.3. The van der Waals surface area contributed by atoms with Crippen LogP contribution in [0.25, 0.3) is 11.0 Å². The molecule has 4 nitrogen and oxygen atoms in total. The number of nitrogens with zero attached hydrogens (tertiary/aromatic N) is 2. The van der Waals surface area contributed by atoms with Gasteiger partial charge in [0, 0.05) is 25.1 Å². The molecule has 4 heteroatoms. The number of aryl methyl sites for hydroxylation is 5. The van der Waals surface area contributed by atoms with Crippen molar-refractivity contribution in [2.24, 2.45) is 0 Å². The minimum Gasteiger partial charge on any atom is -0.352 e. The van der Waals surface area contributed by atoms with E-state index in [4.69, 9.17) is 4.98 Å². The van der Waals surface area contributed by atoms with Gasteiger partial charge in [0.15, 0.2) is 0 Å². The predicted molar refractivity (Wildman–Crippen MR) is 141 cm³/mol. The Bertz CT molecular complexity index is 1340. The molecule has 0 unspecified atom stereocenters. The third-order valence-electron chi connectivity index (χ3n) is 7.06. The number of nitrogens with one attached hydrogen (secondary N) is 1. The fourth-order valence-electron chi connectivity index (χ4n) is 4.80. The monoisotopic (exact) mass is 453 g/mol. The summed E-state index contributed by atoms with van der Waals surface area (Å²) in [7, 11) is 0. The lowest BCUT2D eigenvalue weighted by atomic mass is 9.94. The van der Waals surface area contributed by atoms with E-state index in [0.29, 0.717) is 6.54 Å². The van der Waals surface area contributed by atoms with Gasteiger partial charge < -0.3 is 9.88 Å². The molecule has 0 spiro atoms. The van der Waals surface area contributed by atoms with Crippen LogP contribution in [0.15, 0.2) is 48.5 Å². The van der Waals surface area contributed by atoms with Gasteiger partial charge >= 0.3 is 0 Å². The van der Waals surface area contributed by atoms with Crippen LogP contribution in [0.5, 0.6) is 0 Å². The van der Waals surface area contributed by atoms with Crippen molar-refractivity contribution >= 4 is 16.9 Å². The van der Waals surface area contributed by atoms with Crippen LogP contribution in [0.2, 0.25) is 0 Å². The van der Waals surface area contributed by atoms with Crippen molar-refractivity contribution in [3.63, 3.8) is 0 Å². The van der Waals surface area contributed by atoms with E-state index in [1.165, 1.54) is 33.4 Å². The topological polar surface area (TPSA) is 46.9 Å². The summed E-state index contributed by atoms with van der Waals surface area (Å²) in [5.74, 6) is 1.06. The first-order valence-corrected chi connectivity index (χ1v) is 12.1. The van der Waals surface area contributed by atoms with Crippen LogP contribution in [0, 0.1) is 41.5 Å². The highest BCUT2D eigenvalue weighted by molar-refractivity contribution is 5.95. The second kappa shape index (κ2) is 9.84. The van der Waals surface area contributed by atoms with Crippen LogP contribution >= 0.6 is 0 Å². The van der Waals surface area contributed by atoms with Gasteiger partial charge in [-0.15, -0.1) is 0 Å². The van der Waals surface area contributed by atoms with Gasteiger partial charge in [0.2, 0.25) is 0 Å². The number of aromatic nitrogens is 2. The Hall–Kier alpha value is -3.40. The van der Waals surface area contributed by atoms with Gasteiger partial charge in [-0.1, -0.05) is 35.9 Å². The first-order chi connectivity index (χ1) is 16.3. The number of rotatable bonds is 7. The average Bonchev–Trinajstić information content (AvgIpc) is 3.15. The lowest BCUT2D eigenvalue weighted by molar-refractivity contribution is 0.0952. The summed E-state index contributed by atoms with van der Waals surface area (Å²) in [5.41, 5.74) is 11.9. The van der Waals surface area contributed by atoms with Crippen LogP contribution in [0.3, 0.4) is 0 Å². The predicted octanol–water partition coefficient (Wildman–Crippen LogP) is 6.30. The lowest BCUT2D eigenvalue weighted by Gasteiger charge is -2.18. The van der Waals surface area contributed by atoms with E-state index in [1.807, 2.05) is 38.1 Å². The quantitative estimate of drug-likeness (QED) is 0.334. The highest BCUT2D eigenvalue weighted by Crippen LogP contribution is 2.26. The van der Waals surface area contributed by atoms with Gasteiger partial charge in [-0.2, -0.15) is 0 Å². The molecule has 0 fully saturated rings. The van der Waals surface area contributed by atoms with Gasteiger partial charge in [-0.3, -0.25) is 4.79 Å². The molecule has 1 heterocycles. The normalized spacial score (nSPS) is 11.2. The summed E-state index contributed by atoms with van der Waals surface area (Å²) in [6.07, 6.45) is 1.65. The maximum absolute atomic E-state index is 12.6. The van der Waals surface area contributed by atoms with E-state index in [-0.39, 0.29) is 5.91 Å². The largest absolute Gasteiger partial charge is 0.352 e. The van der Waals surface area contributed by atoms with Crippen molar-refractivity contribution in [1.29, 1.82) is 0 Å². The Morgan fingerprint density at radius 1 is 0.882 bits per heavy atom. The highest BCUT2D eigenvalue weighted by Gasteiger charge is 2.15. The average molecular weight is 454 g/mol. The molecule has 0 aliphatic heterocycles. The Labute approximate surface area is 203 Å². The van der Waals surface area contributed by atoms with Crippen LogP contribution in [0.4, 0.5) is 0 Å². The van der Waals surface area contributed by atoms with E-state index >= 15 is 0 Å². The molecule has 4 rings (SSSR count). The van der Waals surface area contributed by atoms with E-state index in [1.54, 1.807) is 0 Å². The number of imidazole rings is 1. The van der Waals surface area contributed by atoms with E-state index in [0.717, 1.165) is 47.4 Å². The molecule has 4 aromatic rings. The molecule has 34 heavy (non-hydrogen) atoms. The van der Waals surface area contributed by atoms with Crippen molar-refractivity contribution in [3.05, 3.63) is 98.9 Å². The third kappa shape index (κ3) is 4.77. The number of carbonyl (C=O) groups is 1. The van der Waals surface area contributed by atoms with Crippen molar-refractivity contribution in [1.82, 2.24) is 14.9 Å². The van der Waals surface area contributed by atoms with Gasteiger partial charge in [0.1, 0.15) is 5.82 Å². The maximum atomic E-state index is 12.6. The van der Waals surface area contributed by atoms with Crippen LogP contribution in [-0.4, -0.2) is 22.0 Å². The van der Waals surface area contributed by atoms with E-state index < -0.39 is 0 Å². The molecule has 3 aromatic carbocycles. The number of hydrogen-bond donors (Lipinski definition) is 1. The van der Waals surface area contributed by atoms with E-state index in [2.05, 4.69) is 61.8 Å². The molecule has 0 saturated heterocycles. The van der Waals surface area contributed by atoms with Crippen molar-refractivity contribution < 1.29 is 4.79 Å². The second-order valence-electron chi connectivity index (χ2n) is 9.52. The number of benzene rings is 3. The first-order valence-electron chi connectivity index (χ1n) is 12.1. The number of fused-ring (bicyclic) bond motifs is 1. The minimum absolute atomic E-state index is 0.00696. The van der Waals surface area contributed by atoms with Crippen LogP contribution in [0.1, 0.15) is 61.5 Å². The number of hydrogen-bond acceptors (Lipinski definition) is 2. The van der Waals surface area contributed by atoms with Crippen LogP contribution in [-0.2, 0) is 13.0 Å². The zero-order valence-corrected chi connectivity index (χ0v) is 21.2. The molecule has 0 bridgehead atoms. The fourth-order valence-corrected chi connectivity index (χ4v) is 4.80. The number of carbonyl (C=O) groups excluding carboxylic acids is 1. The van der Waals surface area contributed by atoms with Gasteiger partial charge in [-0.25, -0.2) is 4.98 Å². The smallest absolute Gasteiger partial charge is 0.251 e. The third-order valence-corrected chi connectivity index (χ3v) is 7.06. The van der Waals surface area contributed by atoms with Gasteiger partial charge in [-0.05, 0) is 99.5 Å². The molecule has 0 atom stereocenters. The molecule has 1 amide bonds. The summed E-state index contributed by atoms with van der Waals surface area (Å²) < 4.78 is 2.36. The van der Waals surface area contributed by atoms with Crippen molar-refractivity contribution in [2.75, 3.05) is 6.54 Å². The standard InChI is InChI=1S/C30H35N3O/c1-19-13-14-25(22(4)16-19)30(34)31-15-9-12-29-32-27-10-7-8-11-28(27)33(29)18-26-23(5)20(2)17-21(3)24(26)6/h7-8,10-11,13-14,16-17H,9,12,15,18H2,1-6H3,(H,31,34). The molecule has 1 N–H and O–H groups in total. The van der Waals surface area contributed by atoms with Crippen molar-refractivity contribution in [3.8, 4) is 0 Å². The molecule has 0 aliphatic carbocycles. The molecule has 0 aliphatic rings. The molecule has 1 aromatic heterocycles. The summed E-state index contributed by atoms with van der Waals surface area (Å²) in [4.78, 5) is 17.6. The summed E-state index contributed by atoms with van der Waals surface area (Å²) in [5, 5.41) is 3.09. The molecule has 176 valence electrons. The SMILES string of the molecule is Cc1ccc(C(=O)NCCCc2nc3ccccc3n2Cc2c(C)c(C)cc(C)c2C)c(C)c1. The summed E-state index contributed by atoms with van der Waals surface area (Å²) in [6, 6.07) is 16.6. The molecular weight excluding hydrogens is 418 g/mol. The van der Waals surface area contributed by atoms with Gasteiger partial charge in [0.25, 0.3) is 5.91 Å². The Morgan fingerprint density at radius 2 is 1.59 bits per heavy atom. The number of para-hydroxylation sites is 2. The zero-order chi connectivity index (χ0) is 24.4. The molecule has 0 saturated carbocycles. The maximum Gasteiger partial charge on any atom is 0.251 e.